The van der Waals surface area contributed by atoms with Gasteiger partial charge in [-0.2, -0.15) is 0 Å². The highest BCUT2D eigenvalue weighted by Crippen LogP contribution is 2.12. The topological polar surface area (TPSA) is 46.3 Å². The molecule has 5 heteroatoms. The van der Waals surface area contributed by atoms with Gasteiger partial charge in [0.25, 0.3) is 0 Å². The lowest BCUT2D eigenvalue weighted by molar-refractivity contribution is -0.130. The van der Waals surface area contributed by atoms with Gasteiger partial charge in [0, 0.05) is 31.6 Å². The zero-order valence-electron chi connectivity index (χ0n) is 10.6. The maximum atomic E-state index is 13.4. The molecule has 1 unspecified atom stereocenters. The summed E-state index contributed by atoms with van der Waals surface area (Å²) >= 11 is 0. The Balaban J connectivity index is 2.60. The van der Waals surface area contributed by atoms with Crippen molar-refractivity contribution < 1.29 is 13.6 Å². The molecule has 0 saturated carbocycles. The summed E-state index contributed by atoms with van der Waals surface area (Å²) in [6.45, 7) is 1.88. The van der Waals surface area contributed by atoms with E-state index in [-0.39, 0.29) is 24.1 Å². The molecule has 0 aromatic heterocycles. The van der Waals surface area contributed by atoms with Gasteiger partial charge in [-0.1, -0.05) is 0 Å². The summed E-state index contributed by atoms with van der Waals surface area (Å²) in [7, 11) is 1.56. The van der Waals surface area contributed by atoms with Crippen molar-refractivity contribution in [3.8, 4) is 0 Å². The molecule has 0 saturated heterocycles. The quantitative estimate of drug-likeness (QED) is 0.876. The maximum absolute atomic E-state index is 13.4. The van der Waals surface area contributed by atoms with Crippen molar-refractivity contribution in [3.05, 3.63) is 35.4 Å². The molecule has 0 radical (unpaired) electrons. The molecule has 0 heterocycles. The number of halogens is 2. The number of carbonyl (C=O) groups excluding carboxylic acids is 1. The van der Waals surface area contributed by atoms with Gasteiger partial charge in [0.15, 0.2) is 0 Å². The summed E-state index contributed by atoms with van der Waals surface area (Å²) in [5.41, 5.74) is 5.73. The fourth-order valence-electron chi connectivity index (χ4n) is 1.55. The molecule has 1 aromatic rings. The van der Waals surface area contributed by atoms with E-state index in [1.807, 2.05) is 6.92 Å². The van der Waals surface area contributed by atoms with E-state index in [1.165, 1.54) is 4.90 Å². The fourth-order valence-corrected chi connectivity index (χ4v) is 1.55. The van der Waals surface area contributed by atoms with Crippen LogP contribution in [0.15, 0.2) is 18.2 Å². The van der Waals surface area contributed by atoms with Gasteiger partial charge in [-0.3, -0.25) is 4.79 Å². The van der Waals surface area contributed by atoms with E-state index < -0.39 is 11.6 Å². The molecule has 1 amide bonds. The Morgan fingerprint density at radius 3 is 2.72 bits per heavy atom. The Kier molecular flexibility index (Phi) is 5.22. The lowest BCUT2D eigenvalue weighted by Crippen LogP contribution is -2.28. The van der Waals surface area contributed by atoms with Crippen LogP contribution in [0.1, 0.15) is 25.3 Å². The SMILES string of the molecule is CC(N)CCC(=O)N(C)Cc1cc(F)ccc1F. The van der Waals surface area contributed by atoms with Crippen LogP contribution in [-0.4, -0.2) is 23.9 Å². The van der Waals surface area contributed by atoms with E-state index >= 15 is 0 Å². The van der Waals surface area contributed by atoms with Crippen molar-refractivity contribution in [2.24, 2.45) is 5.73 Å². The molecule has 0 spiro atoms. The van der Waals surface area contributed by atoms with Crippen LogP contribution in [0, 0.1) is 11.6 Å². The van der Waals surface area contributed by atoms with E-state index in [2.05, 4.69) is 0 Å². The van der Waals surface area contributed by atoms with Gasteiger partial charge in [-0.25, -0.2) is 8.78 Å². The molecule has 0 aliphatic carbocycles. The predicted molar refractivity (Wildman–Crippen MR) is 65.7 cm³/mol. The molecular weight excluding hydrogens is 238 g/mol. The minimum Gasteiger partial charge on any atom is -0.341 e. The number of nitrogens with two attached hydrogens (primary N) is 1. The Bertz CT molecular complexity index is 421. The fraction of sp³-hybridized carbons (Fsp3) is 0.462. The third-order valence-electron chi connectivity index (χ3n) is 2.65. The first-order valence-corrected chi connectivity index (χ1v) is 5.83. The van der Waals surface area contributed by atoms with E-state index in [0.717, 1.165) is 18.2 Å². The average molecular weight is 256 g/mol. The zero-order valence-corrected chi connectivity index (χ0v) is 10.6. The van der Waals surface area contributed by atoms with E-state index in [4.69, 9.17) is 5.73 Å². The summed E-state index contributed by atoms with van der Waals surface area (Å²) in [5, 5.41) is 0. The summed E-state index contributed by atoms with van der Waals surface area (Å²) in [6, 6.07) is 3.17. The Morgan fingerprint density at radius 1 is 1.44 bits per heavy atom. The first-order valence-electron chi connectivity index (χ1n) is 5.83. The molecular formula is C13H18F2N2O. The second-order valence-corrected chi connectivity index (χ2v) is 4.50. The molecule has 0 bridgehead atoms. The van der Waals surface area contributed by atoms with Gasteiger partial charge in [0.1, 0.15) is 11.6 Å². The van der Waals surface area contributed by atoms with Crippen molar-refractivity contribution in [1.82, 2.24) is 4.90 Å². The van der Waals surface area contributed by atoms with Gasteiger partial charge in [0.05, 0.1) is 0 Å². The minimum atomic E-state index is -0.511. The molecule has 0 aliphatic heterocycles. The number of amides is 1. The maximum Gasteiger partial charge on any atom is 0.222 e. The summed E-state index contributed by atoms with van der Waals surface area (Å²) in [6.07, 6.45) is 0.889. The molecule has 0 fully saturated rings. The third kappa shape index (κ3) is 4.41. The first kappa shape index (κ1) is 14.6. The number of benzene rings is 1. The average Bonchev–Trinajstić information content (AvgIpc) is 2.30. The Labute approximate surface area is 106 Å². The molecule has 1 rings (SSSR count). The van der Waals surface area contributed by atoms with Crippen molar-refractivity contribution in [1.29, 1.82) is 0 Å². The van der Waals surface area contributed by atoms with Crippen molar-refractivity contribution >= 4 is 5.91 Å². The Hall–Kier alpha value is -1.49. The van der Waals surface area contributed by atoms with Gasteiger partial charge < -0.3 is 10.6 Å². The molecule has 3 nitrogen and oxygen atoms in total. The number of hydrogen-bond donors (Lipinski definition) is 1. The summed E-state index contributed by atoms with van der Waals surface area (Å²) < 4.78 is 26.3. The minimum absolute atomic E-state index is 0.0479. The highest BCUT2D eigenvalue weighted by atomic mass is 19.1. The van der Waals surface area contributed by atoms with Crippen LogP contribution in [0.4, 0.5) is 8.78 Å². The normalized spacial score (nSPS) is 12.3. The molecule has 100 valence electrons. The lowest BCUT2D eigenvalue weighted by atomic mass is 10.1. The van der Waals surface area contributed by atoms with E-state index in [0.29, 0.717) is 12.8 Å². The number of rotatable bonds is 5. The van der Waals surface area contributed by atoms with Gasteiger partial charge in [-0.15, -0.1) is 0 Å². The van der Waals surface area contributed by atoms with Gasteiger partial charge in [-0.05, 0) is 31.5 Å². The summed E-state index contributed by atoms with van der Waals surface area (Å²) in [5.74, 6) is -1.15. The second-order valence-electron chi connectivity index (χ2n) is 4.50. The first-order chi connectivity index (χ1) is 8.40. The highest BCUT2D eigenvalue weighted by molar-refractivity contribution is 5.75. The Morgan fingerprint density at radius 2 is 2.11 bits per heavy atom. The van der Waals surface area contributed by atoms with Gasteiger partial charge >= 0.3 is 0 Å². The monoisotopic (exact) mass is 256 g/mol. The zero-order chi connectivity index (χ0) is 13.7. The van der Waals surface area contributed by atoms with E-state index in [9.17, 15) is 13.6 Å². The predicted octanol–water partition coefficient (Wildman–Crippen LogP) is 2.05. The third-order valence-corrected chi connectivity index (χ3v) is 2.65. The van der Waals surface area contributed by atoms with Crippen LogP contribution in [0.25, 0.3) is 0 Å². The van der Waals surface area contributed by atoms with Crippen molar-refractivity contribution in [2.45, 2.75) is 32.4 Å². The van der Waals surface area contributed by atoms with Crippen LogP contribution in [-0.2, 0) is 11.3 Å². The van der Waals surface area contributed by atoms with Crippen LogP contribution in [0.5, 0.6) is 0 Å². The highest BCUT2D eigenvalue weighted by Gasteiger charge is 2.12. The van der Waals surface area contributed by atoms with Crippen LogP contribution >= 0.6 is 0 Å². The molecule has 1 atom stereocenters. The lowest BCUT2D eigenvalue weighted by Gasteiger charge is -2.18. The van der Waals surface area contributed by atoms with Crippen LogP contribution in [0.3, 0.4) is 0 Å². The smallest absolute Gasteiger partial charge is 0.222 e. The molecule has 2 N–H and O–H groups in total. The number of carbonyl (C=O) groups is 1. The number of hydrogen-bond acceptors (Lipinski definition) is 2. The standard InChI is InChI=1S/C13H18F2N2O/c1-9(16)3-6-13(18)17(2)8-10-7-11(14)4-5-12(10)15/h4-5,7,9H,3,6,8,16H2,1-2H3. The molecule has 0 aliphatic rings. The van der Waals surface area contributed by atoms with E-state index in [1.54, 1.807) is 7.05 Å². The van der Waals surface area contributed by atoms with Crippen LogP contribution in [0.2, 0.25) is 0 Å². The van der Waals surface area contributed by atoms with Crippen molar-refractivity contribution in [3.63, 3.8) is 0 Å². The van der Waals surface area contributed by atoms with Gasteiger partial charge in [0.2, 0.25) is 5.91 Å². The molecule has 18 heavy (non-hydrogen) atoms. The largest absolute Gasteiger partial charge is 0.341 e. The summed E-state index contributed by atoms with van der Waals surface area (Å²) in [4.78, 5) is 13.1. The number of nitrogens with zero attached hydrogens (tertiary/aromatic N) is 1. The second kappa shape index (κ2) is 6.44. The van der Waals surface area contributed by atoms with Crippen molar-refractivity contribution in [2.75, 3.05) is 7.05 Å². The van der Waals surface area contributed by atoms with Crippen LogP contribution < -0.4 is 5.73 Å². The molecule has 1 aromatic carbocycles.